The Balaban J connectivity index is 1.79. The monoisotopic (exact) mass is 323 g/mol. The van der Waals surface area contributed by atoms with Gasteiger partial charge in [0, 0.05) is 5.69 Å². The van der Waals surface area contributed by atoms with Gasteiger partial charge in [0.2, 0.25) is 0 Å². The Hall–Kier alpha value is -1.55. The highest BCUT2D eigenvalue weighted by Crippen LogP contribution is 2.25. The first-order valence-corrected chi connectivity index (χ1v) is 6.87. The van der Waals surface area contributed by atoms with Crippen molar-refractivity contribution in [2.75, 3.05) is 12.3 Å². The fourth-order valence-corrected chi connectivity index (χ4v) is 2.20. The minimum absolute atomic E-state index is 0.277. The number of hydrogen-bond donors (Lipinski definition) is 1. The Bertz CT molecular complexity index is 542. The maximum Gasteiger partial charge on any atom is 0.133 e. The second-order valence-corrected chi connectivity index (χ2v) is 5.12. The summed E-state index contributed by atoms with van der Waals surface area (Å²) in [7, 11) is 0. The summed E-state index contributed by atoms with van der Waals surface area (Å²) in [6.07, 6.45) is 1.83. The van der Waals surface area contributed by atoms with Gasteiger partial charge in [-0.15, -0.1) is 0 Å². The van der Waals surface area contributed by atoms with E-state index in [4.69, 9.17) is 10.5 Å². The van der Waals surface area contributed by atoms with Gasteiger partial charge in [0.05, 0.1) is 11.1 Å². The number of halogens is 2. The van der Waals surface area contributed by atoms with Crippen molar-refractivity contribution in [1.82, 2.24) is 0 Å². The van der Waals surface area contributed by atoms with E-state index < -0.39 is 0 Å². The van der Waals surface area contributed by atoms with E-state index in [0.29, 0.717) is 16.8 Å². The Morgan fingerprint density at radius 1 is 1.11 bits per heavy atom. The lowest BCUT2D eigenvalue weighted by Crippen LogP contribution is -2.00. The number of anilines is 1. The average Bonchev–Trinajstić information content (AvgIpc) is 2.39. The lowest BCUT2D eigenvalue weighted by atomic mass is 10.1. The number of aryl methyl sites for hydroxylation is 1. The number of nitrogens with two attached hydrogens (primary N) is 1. The summed E-state index contributed by atoms with van der Waals surface area (Å²) in [5.74, 6) is 0.389. The summed E-state index contributed by atoms with van der Waals surface area (Å²) in [6, 6.07) is 12.2. The molecule has 0 aliphatic rings. The molecule has 0 amide bonds. The molecular weight excluding hydrogens is 309 g/mol. The van der Waals surface area contributed by atoms with E-state index in [2.05, 4.69) is 15.9 Å². The predicted molar refractivity (Wildman–Crippen MR) is 78.8 cm³/mol. The van der Waals surface area contributed by atoms with Crippen molar-refractivity contribution >= 4 is 21.6 Å². The van der Waals surface area contributed by atoms with Crippen LogP contribution in [-0.2, 0) is 6.42 Å². The molecule has 0 atom stereocenters. The largest absolute Gasteiger partial charge is 0.492 e. The molecular formula is C15H15BrFNO. The molecule has 2 N–H and O–H groups in total. The highest BCUT2D eigenvalue weighted by Gasteiger charge is 2.02. The smallest absolute Gasteiger partial charge is 0.133 e. The highest BCUT2D eigenvalue weighted by molar-refractivity contribution is 9.10. The van der Waals surface area contributed by atoms with E-state index in [9.17, 15) is 4.39 Å². The maximum atomic E-state index is 12.9. The molecule has 2 aromatic rings. The van der Waals surface area contributed by atoms with Crippen LogP contribution in [0.3, 0.4) is 0 Å². The van der Waals surface area contributed by atoms with Crippen LogP contribution in [0.2, 0.25) is 0 Å². The number of nitrogen functional groups attached to an aromatic ring is 1. The van der Waals surface area contributed by atoms with Crippen LogP contribution in [0.4, 0.5) is 10.1 Å². The van der Waals surface area contributed by atoms with Gasteiger partial charge in [0.15, 0.2) is 0 Å². The zero-order valence-corrected chi connectivity index (χ0v) is 12.0. The van der Waals surface area contributed by atoms with Crippen LogP contribution in [0.5, 0.6) is 5.75 Å². The molecule has 0 saturated carbocycles. The van der Waals surface area contributed by atoms with E-state index in [1.807, 2.05) is 24.3 Å². The first kappa shape index (κ1) is 13.9. The van der Waals surface area contributed by atoms with Crippen LogP contribution in [0.25, 0.3) is 0 Å². The van der Waals surface area contributed by atoms with E-state index in [0.717, 1.165) is 18.5 Å². The Morgan fingerprint density at radius 2 is 1.84 bits per heavy atom. The summed E-state index contributed by atoms with van der Waals surface area (Å²) in [6.45, 7) is 0.592. The lowest BCUT2D eigenvalue weighted by molar-refractivity contribution is 0.308. The Kier molecular flexibility index (Phi) is 4.80. The first-order chi connectivity index (χ1) is 9.15. The van der Waals surface area contributed by atoms with Crippen molar-refractivity contribution in [1.29, 1.82) is 0 Å². The lowest BCUT2D eigenvalue weighted by Gasteiger charge is -2.08. The topological polar surface area (TPSA) is 35.2 Å². The second kappa shape index (κ2) is 6.57. The third-order valence-corrected chi connectivity index (χ3v) is 3.36. The number of rotatable bonds is 5. The molecule has 0 aliphatic carbocycles. The van der Waals surface area contributed by atoms with Gasteiger partial charge in [-0.25, -0.2) is 4.39 Å². The number of hydrogen-bond acceptors (Lipinski definition) is 2. The molecule has 0 bridgehead atoms. The quantitative estimate of drug-likeness (QED) is 0.661. The van der Waals surface area contributed by atoms with Gasteiger partial charge in [-0.3, -0.25) is 0 Å². The molecule has 0 radical (unpaired) electrons. The van der Waals surface area contributed by atoms with E-state index in [-0.39, 0.29) is 5.82 Å². The molecule has 2 nitrogen and oxygen atoms in total. The minimum atomic E-state index is -0.277. The molecule has 0 aromatic heterocycles. The third kappa shape index (κ3) is 4.24. The average molecular weight is 324 g/mol. The van der Waals surface area contributed by atoms with E-state index in [1.165, 1.54) is 17.7 Å². The molecule has 0 heterocycles. The molecule has 2 aromatic carbocycles. The molecule has 0 fully saturated rings. The van der Waals surface area contributed by atoms with Gasteiger partial charge in [-0.1, -0.05) is 12.1 Å². The minimum Gasteiger partial charge on any atom is -0.492 e. The van der Waals surface area contributed by atoms with E-state index in [1.54, 1.807) is 6.07 Å². The summed E-state index contributed by atoms with van der Waals surface area (Å²) < 4.78 is 19.1. The number of benzene rings is 2. The van der Waals surface area contributed by atoms with Gasteiger partial charge in [-0.05, 0) is 64.7 Å². The normalized spacial score (nSPS) is 10.4. The van der Waals surface area contributed by atoms with Crippen LogP contribution in [0, 0.1) is 5.82 Å². The highest BCUT2D eigenvalue weighted by atomic mass is 79.9. The molecule has 0 spiro atoms. The van der Waals surface area contributed by atoms with Crippen LogP contribution in [-0.4, -0.2) is 6.61 Å². The Morgan fingerprint density at radius 3 is 2.53 bits per heavy atom. The van der Waals surface area contributed by atoms with Gasteiger partial charge in [0.25, 0.3) is 0 Å². The van der Waals surface area contributed by atoms with Crippen molar-refractivity contribution in [2.24, 2.45) is 0 Å². The molecule has 4 heteroatoms. The van der Waals surface area contributed by atoms with Gasteiger partial charge in [-0.2, -0.15) is 0 Å². The van der Waals surface area contributed by atoms with Crippen molar-refractivity contribution in [3.63, 3.8) is 0 Å². The van der Waals surface area contributed by atoms with Crippen molar-refractivity contribution < 1.29 is 9.13 Å². The summed E-state index contributed by atoms with van der Waals surface area (Å²) in [4.78, 5) is 0. The van der Waals surface area contributed by atoms with Gasteiger partial charge >= 0.3 is 0 Å². The van der Waals surface area contributed by atoms with Crippen LogP contribution in [0.15, 0.2) is 46.9 Å². The maximum absolute atomic E-state index is 12.9. The zero-order chi connectivity index (χ0) is 13.7. The predicted octanol–water partition coefficient (Wildman–Crippen LogP) is 4.18. The zero-order valence-electron chi connectivity index (χ0n) is 10.4. The summed E-state index contributed by atoms with van der Waals surface area (Å²) in [5.41, 5.74) is 7.63. The summed E-state index contributed by atoms with van der Waals surface area (Å²) in [5, 5.41) is 0. The van der Waals surface area contributed by atoms with Gasteiger partial charge in [0.1, 0.15) is 11.6 Å². The molecule has 0 saturated heterocycles. The summed E-state index contributed by atoms with van der Waals surface area (Å²) >= 11 is 3.27. The van der Waals surface area contributed by atoms with E-state index >= 15 is 0 Å². The van der Waals surface area contributed by atoms with Crippen LogP contribution < -0.4 is 10.5 Å². The molecule has 0 unspecified atom stereocenters. The van der Waals surface area contributed by atoms with Crippen LogP contribution in [0.1, 0.15) is 12.0 Å². The third-order valence-electron chi connectivity index (χ3n) is 2.74. The SMILES string of the molecule is Nc1ccc(CCCOc2ccc(F)cc2Br)cc1. The first-order valence-electron chi connectivity index (χ1n) is 6.07. The Labute approximate surface area is 120 Å². The van der Waals surface area contributed by atoms with Crippen molar-refractivity contribution in [3.05, 3.63) is 58.3 Å². The van der Waals surface area contributed by atoms with Crippen LogP contribution >= 0.6 is 15.9 Å². The number of ether oxygens (including phenoxy) is 1. The fraction of sp³-hybridized carbons (Fsp3) is 0.200. The second-order valence-electron chi connectivity index (χ2n) is 4.27. The standard InChI is InChI=1S/C15H15BrFNO/c16-14-10-12(17)5-8-15(14)19-9-1-2-11-3-6-13(18)7-4-11/h3-8,10H,1-2,9,18H2. The van der Waals surface area contributed by atoms with Crippen molar-refractivity contribution in [3.8, 4) is 5.75 Å². The van der Waals surface area contributed by atoms with Crippen molar-refractivity contribution in [2.45, 2.75) is 12.8 Å². The molecule has 2 rings (SSSR count). The molecule has 19 heavy (non-hydrogen) atoms. The molecule has 100 valence electrons. The molecule has 0 aliphatic heterocycles. The fourth-order valence-electron chi connectivity index (χ4n) is 1.73. The van der Waals surface area contributed by atoms with Gasteiger partial charge < -0.3 is 10.5 Å².